The van der Waals surface area contributed by atoms with E-state index in [1.165, 1.54) is 0 Å². The number of rotatable bonds is 7. The summed E-state index contributed by atoms with van der Waals surface area (Å²) in [6.07, 6.45) is 5.33. The van der Waals surface area contributed by atoms with Crippen molar-refractivity contribution in [1.82, 2.24) is 9.47 Å². The molecular formula is C28H28N4O3. The van der Waals surface area contributed by atoms with Gasteiger partial charge in [-0.2, -0.15) is 0 Å². The number of hydrogen-bond donors (Lipinski definition) is 1. The van der Waals surface area contributed by atoms with Crippen LogP contribution in [0.5, 0.6) is 0 Å². The van der Waals surface area contributed by atoms with Crippen molar-refractivity contribution in [3.8, 4) is 5.69 Å². The molecule has 0 bridgehead atoms. The van der Waals surface area contributed by atoms with Gasteiger partial charge in [0.1, 0.15) is 18.3 Å². The third kappa shape index (κ3) is 4.45. The number of benzene rings is 2. The SMILES string of the molecule is CCCCN(CC(=O)N1c2ccccc2-n2cccc2C1c1ccco1)C(=O)Nc1ccccc1. The first kappa shape index (κ1) is 22.5. The summed E-state index contributed by atoms with van der Waals surface area (Å²) in [6, 6.07) is 24.1. The van der Waals surface area contributed by atoms with E-state index in [0.29, 0.717) is 18.0 Å². The Morgan fingerprint density at radius 3 is 2.46 bits per heavy atom. The van der Waals surface area contributed by atoms with Gasteiger partial charge in [0.15, 0.2) is 0 Å². The van der Waals surface area contributed by atoms with Gasteiger partial charge in [-0.05, 0) is 55.0 Å². The van der Waals surface area contributed by atoms with Gasteiger partial charge in [-0.15, -0.1) is 0 Å². The number of urea groups is 1. The number of nitrogens with one attached hydrogen (secondary N) is 1. The van der Waals surface area contributed by atoms with Gasteiger partial charge in [0.05, 0.1) is 23.3 Å². The average Bonchev–Trinajstić information content (AvgIpc) is 3.59. The molecule has 0 spiro atoms. The van der Waals surface area contributed by atoms with Crippen LogP contribution in [0.3, 0.4) is 0 Å². The number of carbonyl (C=O) groups is 2. The topological polar surface area (TPSA) is 70.7 Å². The number of carbonyl (C=O) groups excluding carboxylic acids is 2. The second-order valence-electron chi connectivity index (χ2n) is 8.54. The fourth-order valence-corrected chi connectivity index (χ4v) is 4.54. The number of nitrogens with zero attached hydrogens (tertiary/aromatic N) is 3. The maximum absolute atomic E-state index is 14.0. The minimum absolute atomic E-state index is 0.0507. The number of unbranched alkanes of at least 4 members (excludes halogenated alkanes) is 1. The Balaban J connectivity index is 1.48. The predicted octanol–water partition coefficient (Wildman–Crippen LogP) is 5.84. The summed E-state index contributed by atoms with van der Waals surface area (Å²) in [6.45, 7) is 2.50. The Bertz CT molecular complexity index is 1300. The summed E-state index contributed by atoms with van der Waals surface area (Å²) in [7, 11) is 0. The number of furan rings is 1. The van der Waals surface area contributed by atoms with E-state index >= 15 is 0 Å². The molecule has 0 radical (unpaired) electrons. The molecule has 0 saturated heterocycles. The molecule has 1 N–H and O–H groups in total. The largest absolute Gasteiger partial charge is 0.467 e. The van der Waals surface area contributed by atoms with E-state index in [1.54, 1.807) is 16.1 Å². The van der Waals surface area contributed by atoms with E-state index in [0.717, 1.165) is 29.9 Å². The zero-order valence-electron chi connectivity index (χ0n) is 19.6. The van der Waals surface area contributed by atoms with Gasteiger partial charge in [0.2, 0.25) is 5.91 Å². The van der Waals surface area contributed by atoms with Gasteiger partial charge in [-0.25, -0.2) is 4.79 Å². The molecule has 2 aromatic carbocycles. The zero-order chi connectivity index (χ0) is 24.2. The first-order valence-electron chi connectivity index (χ1n) is 11.9. The highest BCUT2D eigenvalue weighted by Gasteiger charge is 2.38. The Kier molecular flexibility index (Phi) is 6.39. The van der Waals surface area contributed by atoms with Crippen molar-refractivity contribution in [1.29, 1.82) is 0 Å². The molecule has 1 aliphatic rings. The molecule has 3 heterocycles. The van der Waals surface area contributed by atoms with Gasteiger partial charge in [-0.3, -0.25) is 9.69 Å². The van der Waals surface area contributed by atoms with E-state index in [2.05, 4.69) is 16.8 Å². The lowest BCUT2D eigenvalue weighted by Crippen LogP contribution is -2.47. The number of amides is 3. The third-order valence-corrected chi connectivity index (χ3v) is 6.22. The molecule has 1 atom stereocenters. The fourth-order valence-electron chi connectivity index (χ4n) is 4.54. The minimum atomic E-state index is -0.437. The highest BCUT2D eigenvalue weighted by molar-refractivity contribution is 6.01. The standard InChI is InChI=1S/C28H28N4O3/c1-2-3-17-30(28(34)29-21-11-5-4-6-12-21)20-26(33)32-23-14-8-7-13-22(23)31-18-9-15-24(31)27(32)25-16-10-19-35-25/h4-16,18-19,27H,2-3,17,20H2,1H3,(H,29,34). The lowest BCUT2D eigenvalue weighted by Gasteiger charge is -2.38. The number of fused-ring (bicyclic) bond motifs is 3. The maximum Gasteiger partial charge on any atom is 0.322 e. The van der Waals surface area contributed by atoms with Crippen LogP contribution in [0, 0.1) is 0 Å². The van der Waals surface area contributed by atoms with Crippen molar-refractivity contribution < 1.29 is 14.0 Å². The molecule has 1 aliphatic heterocycles. The molecule has 1 unspecified atom stereocenters. The average molecular weight is 469 g/mol. The highest BCUT2D eigenvalue weighted by Crippen LogP contribution is 2.42. The van der Waals surface area contributed by atoms with Gasteiger partial charge in [-0.1, -0.05) is 43.7 Å². The number of hydrogen-bond acceptors (Lipinski definition) is 3. The molecule has 7 heteroatoms. The van der Waals surface area contributed by atoms with Crippen LogP contribution in [0.2, 0.25) is 0 Å². The molecule has 178 valence electrons. The zero-order valence-corrected chi connectivity index (χ0v) is 19.6. The van der Waals surface area contributed by atoms with E-state index in [1.807, 2.05) is 85.1 Å². The summed E-state index contributed by atoms with van der Waals surface area (Å²) in [5, 5.41) is 2.92. The second kappa shape index (κ2) is 9.93. The van der Waals surface area contributed by atoms with Crippen LogP contribution in [0.15, 0.2) is 95.7 Å². The van der Waals surface area contributed by atoms with Crippen LogP contribution < -0.4 is 10.2 Å². The van der Waals surface area contributed by atoms with Crippen molar-refractivity contribution in [3.63, 3.8) is 0 Å². The molecule has 0 fully saturated rings. The number of aromatic nitrogens is 1. The normalized spacial score (nSPS) is 14.2. The molecule has 0 aliphatic carbocycles. The molecule has 0 saturated carbocycles. The van der Waals surface area contributed by atoms with Crippen LogP contribution in [-0.2, 0) is 4.79 Å². The molecular weight excluding hydrogens is 440 g/mol. The van der Waals surface area contributed by atoms with Crippen LogP contribution in [0.4, 0.5) is 16.2 Å². The fraction of sp³-hybridized carbons (Fsp3) is 0.214. The Morgan fingerprint density at radius 2 is 1.71 bits per heavy atom. The quantitative estimate of drug-likeness (QED) is 0.370. The third-order valence-electron chi connectivity index (χ3n) is 6.22. The number of anilines is 2. The number of para-hydroxylation sites is 3. The summed E-state index contributed by atoms with van der Waals surface area (Å²) in [4.78, 5) is 30.5. The van der Waals surface area contributed by atoms with Gasteiger partial charge < -0.3 is 19.2 Å². The van der Waals surface area contributed by atoms with Crippen molar-refractivity contribution >= 4 is 23.3 Å². The van der Waals surface area contributed by atoms with Gasteiger partial charge in [0, 0.05) is 18.4 Å². The van der Waals surface area contributed by atoms with Crippen molar-refractivity contribution in [3.05, 3.63) is 103 Å². The monoisotopic (exact) mass is 468 g/mol. The Hall–Kier alpha value is -4.26. The molecule has 7 nitrogen and oxygen atoms in total. The molecule has 2 aromatic heterocycles. The molecule has 5 rings (SSSR count). The highest BCUT2D eigenvalue weighted by atomic mass is 16.3. The summed E-state index contributed by atoms with van der Waals surface area (Å²) in [5.74, 6) is 0.493. The second-order valence-corrected chi connectivity index (χ2v) is 8.54. The van der Waals surface area contributed by atoms with Crippen LogP contribution in [0.25, 0.3) is 5.69 Å². The summed E-state index contributed by atoms with van der Waals surface area (Å²) in [5.41, 5.74) is 3.32. The van der Waals surface area contributed by atoms with Gasteiger partial charge >= 0.3 is 6.03 Å². The smallest absolute Gasteiger partial charge is 0.322 e. The Labute approximate surface area is 204 Å². The lowest BCUT2D eigenvalue weighted by molar-refractivity contribution is -0.119. The van der Waals surface area contributed by atoms with E-state index in [-0.39, 0.29) is 18.5 Å². The predicted molar refractivity (Wildman–Crippen MR) is 136 cm³/mol. The molecule has 35 heavy (non-hydrogen) atoms. The first-order valence-corrected chi connectivity index (χ1v) is 11.9. The summed E-state index contributed by atoms with van der Waals surface area (Å²) < 4.78 is 7.88. The van der Waals surface area contributed by atoms with Crippen LogP contribution >= 0.6 is 0 Å². The van der Waals surface area contributed by atoms with Crippen LogP contribution in [0.1, 0.15) is 37.3 Å². The Morgan fingerprint density at radius 1 is 0.943 bits per heavy atom. The van der Waals surface area contributed by atoms with Crippen molar-refractivity contribution in [2.75, 3.05) is 23.3 Å². The van der Waals surface area contributed by atoms with Crippen LogP contribution in [-0.4, -0.2) is 34.5 Å². The first-order chi connectivity index (χ1) is 17.2. The van der Waals surface area contributed by atoms with E-state index in [4.69, 9.17) is 4.42 Å². The minimum Gasteiger partial charge on any atom is -0.467 e. The molecule has 3 amide bonds. The van der Waals surface area contributed by atoms with Crippen molar-refractivity contribution in [2.45, 2.75) is 25.8 Å². The maximum atomic E-state index is 14.0. The lowest BCUT2D eigenvalue weighted by atomic mass is 10.0. The summed E-state index contributed by atoms with van der Waals surface area (Å²) >= 11 is 0. The van der Waals surface area contributed by atoms with Gasteiger partial charge in [0.25, 0.3) is 0 Å². The van der Waals surface area contributed by atoms with E-state index < -0.39 is 6.04 Å². The molecule has 4 aromatic rings. The van der Waals surface area contributed by atoms with E-state index in [9.17, 15) is 9.59 Å². The van der Waals surface area contributed by atoms with Crippen molar-refractivity contribution in [2.24, 2.45) is 0 Å².